The number of carbonyl (C=O) groups excluding carboxylic acids is 1. The molecule has 1 aromatic heterocycles. The smallest absolute Gasteiger partial charge is 0.272 e. The van der Waals surface area contributed by atoms with Crippen LogP contribution in [0.3, 0.4) is 0 Å². The fraction of sp³-hybridized carbons (Fsp3) is 0.267. The van der Waals surface area contributed by atoms with Gasteiger partial charge in [0, 0.05) is 29.4 Å². The third-order valence-electron chi connectivity index (χ3n) is 3.07. The summed E-state index contributed by atoms with van der Waals surface area (Å²) in [6.45, 7) is 3.49. The van der Waals surface area contributed by atoms with Gasteiger partial charge in [0.25, 0.3) is 5.91 Å². The van der Waals surface area contributed by atoms with E-state index >= 15 is 0 Å². The quantitative estimate of drug-likeness (QED) is 0.841. The number of aryl methyl sites for hydroxylation is 1. The Labute approximate surface area is 139 Å². The molecule has 21 heavy (non-hydrogen) atoms. The monoisotopic (exact) mass is 371 g/mol. The Hall–Kier alpha value is -1.30. The molecule has 0 saturated carbocycles. The summed E-state index contributed by atoms with van der Waals surface area (Å²) in [5, 5.41) is 6.08. The number of hydrogen-bond acceptors (Lipinski definition) is 2. The van der Waals surface area contributed by atoms with Gasteiger partial charge in [-0.05, 0) is 47.6 Å². The van der Waals surface area contributed by atoms with Gasteiger partial charge >= 0.3 is 0 Å². The zero-order chi connectivity index (χ0) is 14.5. The first-order valence-electron chi connectivity index (χ1n) is 6.55. The number of halogens is 2. The summed E-state index contributed by atoms with van der Waals surface area (Å²) in [5.41, 5.74) is 2.56. The SMILES string of the molecule is CCn1cc(Br)cc1C(=O)Nc1ccccc1CNC.Cl. The molecule has 2 N–H and O–H groups in total. The van der Waals surface area contributed by atoms with Gasteiger partial charge in [0.2, 0.25) is 0 Å². The number of nitrogens with one attached hydrogen (secondary N) is 2. The summed E-state index contributed by atoms with van der Waals surface area (Å²) in [7, 11) is 1.89. The average Bonchev–Trinajstić information content (AvgIpc) is 2.82. The predicted molar refractivity (Wildman–Crippen MR) is 92.2 cm³/mol. The summed E-state index contributed by atoms with van der Waals surface area (Å²) >= 11 is 3.41. The normalized spacial score (nSPS) is 10.0. The highest BCUT2D eigenvalue weighted by Gasteiger charge is 2.13. The van der Waals surface area contributed by atoms with Crippen LogP contribution in [0, 0.1) is 0 Å². The molecule has 6 heteroatoms. The van der Waals surface area contributed by atoms with Crippen molar-refractivity contribution in [1.29, 1.82) is 0 Å². The van der Waals surface area contributed by atoms with Gasteiger partial charge in [-0.25, -0.2) is 0 Å². The summed E-state index contributed by atoms with van der Waals surface area (Å²) in [5.74, 6) is -0.0962. The largest absolute Gasteiger partial charge is 0.343 e. The molecule has 0 fully saturated rings. The Kier molecular flexibility index (Phi) is 6.95. The maximum atomic E-state index is 12.4. The molecule has 0 unspecified atom stereocenters. The van der Waals surface area contributed by atoms with Crippen LogP contribution in [-0.2, 0) is 13.1 Å². The first-order valence-corrected chi connectivity index (χ1v) is 7.34. The van der Waals surface area contributed by atoms with Crippen molar-refractivity contribution in [3.63, 3.8) is 0 Å². The number of anilines is 1. The highest BCUT2D eigenvalue weighted by atomic mass is 79.9. The van der Waals surface area contributed by atoms with Crippen molar-refractivity contribution in [1.82, 2.24) is 9.88 Å². The molecule has 0 aliphatic heterocycles. The maximum absolute atomic E-state index is 12.4. The van der Waals surface area contributed by atoms with Crippen LogP contribution in [0.25, 0.3) is 0 Å². The van der Waals surface area contributed by atoms with Crippen molar-refractivity contribution in [2.75, 3.05) is 12.4 Å². The third-order valence-corrected chi connectivity index (χ3v) is 3.50. The molecule has 4 nitrogen and oxygen atoms in total. The van der Waals surface area contributed by atoms with Gasteiger partial charge in [-0.1, -0.05) is 18.2 Å². The highest BCUT2D eigenvalue weighted by molar-refractivity contribution is 9.10. The standard InChI is InChI=1S/C15H18BrN3O.ClH/c1-3-19-10-12(16)8-14(19)15(20)18-13-7-5-4-6-11(13)9-17-2;/h4-8,10,17H,3,9H2,1-2H3,(H,18,20);1H. The molecule has 0 aliphatic carbocycles. The second kappa shape index (κ2) is 8.22. The van der Waals surface area contributed by atoms with E-state index in [9.17, 15) is 4.79 Å². The molecule has 0 aliphatic rings. The first kappa shape index (κ1) is 17.8. The van der Waals surface area contributed by atoms with Crippen LogP contribution in [0.5, 0.6) is 0 Å². The summed E-state index contributed by atoms with van der Waals surface area (Å²) in [6, 6.07) is 9.64. The Morgan fingerprint density at radius 1 is 1.33 bits per heavy atom. The summed E-state index contributed by atoms with van der Waals surface area (Å²) in [4.78, 5) is 12.4. The van der Waals surface area contributed by atoms with E-state index in [-0.39, 0.29) is 18.3 Å². The fourth-order valence-corrected chi connectivity index (χ4v) is 2.56. The lowest BCUT2D eigenvalue weighted by atomic mass is 10.1. The molecular formula is C15H19BrClN3O. The van der Waals surface area contributed by atoms with Gasteiger partial charge in [-0.2, -0.15) is 0 Å². The molecule has 0 spiro atoms. The minimum absolute atomic E-state index is 0. The molecule has 1 heterocycles. The molecule has 0 atom stereocenters. The van der Waals surface area contributed by atoms with E-state index in [2.05, 4.69) is 26.6 Å². The lowest BCUT2D eigenvalue weighted by Crippen LogP contribution is -2.18. The first-order chi connectivity index (χ1) is 9.65. The zero-order valence-corrected chi connectivity index (χ0v) is 14.4. The van der Waals surface area contributed by atoms with Crippen molar-refractivity contribution in [3.8, 4) is 0 Å². The van der Waals surface area contributed by atoms with Gasteiger partial charge in [0.05, 0.1) is 0 Å². The molecule has 1 aromatic carbocycles. The van der Waals surface area contributed by atoms with E-state index in [1.54, 1.807) is 0 Å². The number of hydrogen-bond donors (Lipinski definition) is 2. The lowest BCUT2D eigenvalue weighted by Gasteiger charge is -2.11. The van der Waals surface area contributed by atoms with E-state index in [0.29, 0.717) is 5.69 Å². The van der Waals surface area contributed by atoms with Crippen molar-refractivity contribution >= 4 is 39.9 Å². The number of benzene rings is 1. The Bertz CT molecular complexity index is 613. The van der Waals surface area contributed by atoms with Gasteiger partial charge in [0.15, 0.2) is 0 Å². The number of aromatic nitrogens is 1. The van der Waals surface area contributed by atoms with Crippen molar-refractivity contribution < 1.29 is 4.79 Å². The molecule has 0 radical (unpaired) electrons. The molecule has 0 bridgehead atoms. The number of nitrogens with zero attached hydrogens (tertiary/aromatic N) is 1. The summed E-state index contributed by atoms with van der Waals surface area (Å²) < 4.78 is 2.83. The molecular weight excluding hydrogens is 354 g/mol. The maximum Gasteiger partial charge on any atom is 0.272 e. The van der Waals surface area contributed by atoms with Crippen LogP contribution in [0.2, 0.25) is 0 Å². The molecule has 0 saturated heterocycles. The van der Waals surface area contributed by atoms with Crippen LogP contribution in [-0.4, -0.2) is 17.5 Å². The fourth-order valence-electron chi connectivity index (χ4n) is 2.10. The number of amides is 1. The second-order valence-electron chi connectivity index (χ2n) is 4.47. The van der Waals surface area contributed by atoms with E-state index in [4.69, 9.17) is 0 Å². The van der Waals surface area contributed by atoms with Gasteiger partial charge in [-0.15, -0.1) is 12.4 Å². The number of para-hydroxylation sites is 1. The third kappa shape index (κ3) is 4.33. The predicted octanol–water partition coefficient (Wildman–Crippen LogP) is 3.66. The molecule has 2 rings (SSSR count). The van der Waals surface area contributed by atoms with Crippen LogP contribution >= 0.6 is 28.3 Å². The van der Waals surface area contributed by atoms with Crippen LogP contribution in [0.15, 0.2) is 41.0 Å². The highest BCUT2D eigenvalue weighted by Crippen LogP contribution is 2.19. The van der Waals surface area contributed by atoms with Crippen LogP contribution < -0.4 is 10.6 Å². The Morgan fingerprint density at radius 3 is 2.71 bits per heavy atom. The number of carbonyl (C=O) groups is 1. The van der Waals surface area contributed by atoms with E-state index in [1.165, 1.54) is 0 Å². The van der Waals surface area contributed by atoms with Gasteiger partial charge < -0.3 is 15.2 Å². The van der Waals surface area contributed by atoms with Crippen LogP contribution in [0.1, 0.15) is 23.0 Å². The Morgan fingerprint density at radius 2 is 2.05 bits per heavy atom. The minimum atomic E-state index is -0.0962. The zero-order valence-electron chi connectivity index (χ0n) is 12.0. The average molecular weight is 373 g/mol. The molecule has 114 valence electrons. The van der Waals surface area contributed by atoms with E-state index in [1.807, 2.05) is 55.1 Å². The second-order valence-corrected chi connectivity index (χ2v) is 5.39. The topological polar surface area (TPSA) is 46.1 Å². The molecule has 1 amide bonds. The number of rotatable bonds is 5. The van der Waals surface area contributed by atoms with Crippen LogP contribution in [0.4, 0.5) is 5.69 Å². The summed E-state index contributed by atoms with van der Waals surface area (Å²) in [6.07, 6.45) is 1.91. The van der Waals surface area contributed by atoms with Crippen molar-refractivity contribution in [2.45, 2.75) is 20.0 Å². The van der Waals surface area contributed by atoms with Crippen molar-refractivity contribution in [3.05, 3.63) is 52.3 Å². The minimum Gasteiger partial charge on any atom is -0.343 e. The van der Waals surface area contributed by atoms with Crippen molar-refractivity contribution in [2.24, 2.45) is 0 Å². The molecule has 2 aromatic rings. The van der Waals surface area contributed by atoms with Gasteiger partial charge in [0.1, 0.15) is 5.69 Å². The Balaban J connectivity index is 0.00000220. The lowest BCUT2D eigenvalue weighted by molar-refractivity contribution is 0.101. The van der Waals surface area contributed by atoms with Gasteiger partial charge in [-0.3, -0.25) is 4.79 Å². The van der Waals surface area contributed by atoms with E-state index < -0.39 is 0 Å². The van der Waals surface area contributed by atoms with E-state index in [0.717, 1.165) is 28.8 Å².